The highest BCUT2D eigenvalue weighted by Crippen LogP contribution is 2.31. The predicted octanol–water partition coefficient (Wildman–Crippen LogP) is 2.23. The van der Waals surface area contributed by atoms with E-state index >= 15 is 0 Å². The van der Waals surface area contributed by atoms with Gasteiger partial charge in [0.05, 0.1) is 11.9 Å². The van der Waals surface area contributed by atoms with Crippen LogP contribution in [0.4, 0.5) is 5.69 Å². The van der Waals surface area contributed by atoms with Gasteiger partial charge in [0.2, 0.25) is 5.91 Å². The summed E-state index contributed by atoms with van der Waals surface area (Å²) < 4.78 is 1.96. The molecule has 1 saturated carbocycles. The summed E-state index contributed by atoms with van der Waals surface area (Å²) in [6.07, 6.45) is 9.30. The number of Topliss-reactive ketones (excluding diaryl/α,β-unsaturated/α-hetero) is 1. The van der Waals surface area contributed by atoms with Crippen molar-refractivity contribution in [1.29, 1.82) is 0 Å². The van der Waals surface area contributed by atoms with Crippen LogP contribution in [-0.4, -0.2) is 51.5 Å². The fraction of sp³-hybridized carbons (Fsp3) is 0.722. The second-order valence-electron chi connectivity index (χ2n) is 6.97. The van der Waals surface area contributed by atoms with Crippen molar-refractivity contribution in [2.45, 2.75) is 71.0 Å². The molecule has 0 spiro atoms. The van der Waals surface area contributed by atoms with E-state index in [1.165, 1.54) is 0 Å². The number of likely N-dealkylation sites (tertiary alicyclic amines) is 1. The Balaban J connectivity index is 1.77. The fourth-order valence-corrected chi connectivity index (χ4v) is 4.04. The molecule has 1 amide bonds. The van der Waals surface area contributed by atoms with Crippen LogP contribution in [0.2, 0.25) is 0 Å². The van der Waals surface area contributed by atoms with Crippen LogP contribution in [0.5, 0.6) is 0 Å². The van der Waals surface area contributed by atoms with E-state index in [0.717, 1.165) is 51.0 Å². The third-order valence-corrected chi connectivity index (χ3v) is 5.45. The smallest absolute Gasteiger partial charge is 0.219 e. The highest BCUT2D eigenvalue weighted by atomic mass is 16.2. The Labute approximate surface area is 143 Å². The van der Waals surface area contributed by atoms with Crippen LogP contribution in [0.15, 0.2) is 12.4 Å². The number of hydrogen-bond acceptors (Lipinski definition) is 4. The van der Waals surface area contributed by atoms with E-state index in [1.807, 2.05) is 15.8 Å². The van der Waals surface area contributed by atoms with Crippen molar-refractivity contribution < 1.29 is 9.59 Å². The molecule has 0 N–H and O–H groups in total. The number of aryl methyl sites for hydroxylation is 1. The van der Waals surface area contributed by atoms with Crippen LogP contribution in [0, 0.1) is 0 Å². The number of aromatic nitrogens is 2. The molecule has 1 aromatic rings. The van der Waals surface area contributed by atoms with Gasteiger partial charge in [0.15, 0.2) is 0 Å². The maximum Gasteiger partial charge on any atom is 0.219 e. The Morgan fingerprint density at radius 3 is 2.38 bits per heavy atom. The number of rotatable bonds is 4. The number of amides is 1. The average Bonchev–Trinajstić information content (AvgIpc) is 3.06. The van der Waals surface area contributed by atoms with Gasteiger partial charge in [0.25, 0.3) is 0 Å². The van der Waals surface area contributed by atoms with Crippen molar-refractivity contribution in [3.63, 3.8) is 0 Å². The van der Waals surface area contributed by atoms with E-state index in [9.17, 15) is 9.59 Å². The van der Waals surface area contributed by atoms with Crippen molar-refractivity contribution in [3.05, 3.63) is 12.4 Å². The Bertz CT molecular complexity index is 580. The number of ketones is 1. The highest BCUT2D eigenvalue weighted by molar-refractivity contribution is 5.79. The minimum absolute atomic E-state index is 0.169. The number of carbonyl (C=O) groups excluding carboxylic acids is 2. The van der Waals surface area contributed by atoms with Crippen LogP contribution in [0.3, 0.4) is 0 Å². The van der Waals surface area contributed by atoms with Crippen LogP contribution < -0.4 is 4.90 Å². The first kappa shape index (κ1) is 17.0. The van der Waals surface area contributed by atoms with Crippen LogP contribution in [0.25, 0.3) is 0 Å². The van der Waals surface area contributed by atoms with Crippen molar-refractivity contribution in [3.8, 4) is 0 Å². The van der Waals surface area contributed by atoms with Crippen molar-refractivity contribution in [2.75, 3.05) is 18.0 Å². The van der Waals surface area contributed by atoms with Crippen molar-refractivity contribution >= 4 is 17.4 Å². The first-order valence-corrected chi connectivity index (χ1v) is 9.16. The quantitative estimate of drug-likeness (QED) is 0.848. The molecule has 0 radical (unpaired) electrons. The molecular weight excluding hydrogens is 304 g/mol. The van der Waals surface area contributed by atoms with Crippen molar-refractivity contribution in [1.82, 2.24) is 14.7 Å². The fourth-order valence-electron chi connectivity index (χ4n) is 4.04. The topological polar surface area (TPSA) is 58.4 Å². The highest BCUT2D eigenvalue weighted by Gasteiger charge is 2.33. The summed E-state index contributed by atoms with van der Waals surface area (Å²) in [5.74, 6) is 0.559. The molecular formula is C18H28N4O2. The van der Waals surface area contributed by atoms with E-state index in [0.29, 0.717) is 30.7 Å². The Morgan fingerprint density at radius 2 is 1.83 bits per heavy atom. The lowest BCUT2D eigenvalue weighted by Crippen LogP contribution is -2.51. The molecule has 6 heteroatoms. The Hall–Kier alpha value is -1.85. The van der Waals surface area contributed by atoms with Crippen LogP contribution in [-0.2, 0) is 16.1 Å². The van der Waals surface area contributed by atoms with Crippen molar-refractivity contribution in [2.24, 2.45) is 0 Å². The summed E-state index contributed by atoms with van der Waals surface area (Å²) in [6.45, 7) is 6.25. The summed E-state index contributed by atoms with van der Waals surface area (Å²) in [5.41, 5.74) is 1.16. The van der Waals surface area contributed by atoms with Gasteiger partial charge < -0.3 is 9.80 Å². The zero-order chi connectivity index (χ0) is 17.1. The maximum absolute atomic E-state index is 11.6. The van der Waals surface area contributed by atoms with E-state index in [4.69, 9.17) is 0 Å². The molecule has 24 heavy (non-hydrogen) atoms. The van der Waals surface area contributed by atoms with Gasteiger partial charge in [-0.1, -0.05) is 0 Å². The van der Waals surface area contributed by atoms with Crippen LogP contribution >= 0.6 is 0 Å². The lowest BCUT2D eigenvalue weighted by atomic mass is 9.90. The second-order valence-corrected chi connectivity index (χ2v) is 6.97. The molecule has 1 aliphatic carbocycles. The molecule has 0 aromatic carbocycles. The maximum atomic E-state index is 11.6. The van der Waals surface area contributed by atoms with Gasteiger partial charge in [-0.15, -0.1) is 0 Å². The zero-order valence-electron chi connectivity index (χ0n) is 14.8. The minimum atomic E-state index is 0.169. The normalized spacial score (nSPS) is 20.4. The molecule has 1 aliphatic heterocycles. The summed E-state index contributed by atoms with van der Waals surface area (Å²) in [4.78, 5) is 27.7. The summed E-state index contributed by atoms with van der Waals surface area (Å²) in [7, 11) is 0. The molecule has 3 rings (SSSR count). The molecule has 1 aromatic heterocycles. The number of anilines is 1. The first-order chi connectivity index (χ1) is 11.6. The average molecular weight is 332 g/mol. The molecule has 0 atom stereocenters. The molecule has 0 bridgehead atoms. The number of carbonyl (C=O) groups is 2. The third-order valence-electron chi connectivity index (χ3n) is 5.45. The van der Waals surface area contributed by atoms with Gasteiger partial charge in [-0.25, -0.2) is 0 Å². The van der Waals surface area contributed by atoms with E-state index < -0.39 is 0 Å². The van der Waals surface area contributed by atoms with Crippen LogP contribution in [0.1, 0.15) is 52.4 Å². The van der Waals surface area contributed by atoms with Gasteiger partial charge in [-0.3, -0.25) is 14.3 Å². The minimum Gasteiger partial charge on any atom is -0.363 e. The van der Waals surface area contributed by atoms with Gasteiger partial charge in [-0.2, -0.15) is 5.10 Å². The lowest BCUT2D eigenvalue weighted by molar-refractivity contribution is -0.130. The number of piperidine rings is 1. The molecule has 2 aliphatic rings. The summed E-state index contributed by atoms with van der Waals surface area (Å²) >= 11 is 0. The molecule has 6 nitrogen and oxygen atoms in total. The predicted molar refractivity (Wildman–Crippen MR) is 92.9 cm³/mol. The summed E-state index contributed by atoms with van der Waals surface area (Å²) in [6, 6.07) is 0.833. The first-order valence-electron chi connectivity index (χ1n) is 9.16. The molecule has 2 fully saturated rings. The molecule has 1 saturated heterocycles. The van der Waals surface area contributed by atoms with E-state index in [-0.39, 0.29) is 5.91 Å². The third kappa shape index (κ3) is 3.62. The SMILES string of the molecule is CCn1cc(N(C2CCC(=O)CC2)C2CCN(C(C)=O)CC2)cn1. The molecule has 132 valence electrons. The van der Waals surface area contributed by atoms with Gasteiger partial charge >= 0.3 is 0 Å². The summed E-state index contributed by atoms with van der Waals surface area (Å²) in [5, 5.41) is 4.45. The monoisotopic (exact) mass is 332 g/mol. The number of nitrogens with zero attached hydrogens (tertiary/aromatic N) is 4. The second kappa shape index (κ2) is 7.36. The lowest BCUT2D eigenvalue weighted by Gasteiger charge is -2.44. The van der Waals surface area contributed by atoms with E-state index in [2.05, 4.69) is 23.1 Å². The van der Waals surface area contributed by atoms with Gasteiger partial charge in [-0.05, 0) is 32.6 Å². The molecule has 2 heterocycles. The Kier molecular flexibility index (Phi) is 5.21. The standard InChI is InChI=1S/C18H28N4O2/c1-3-21-13-17(12-19-21)22(15-4-6-18(24)7-5-15)16-8-10-20(11-9-16)14(2)23/h12-13,15-16H,3-11H2,1-2H3. The Morgan fingerprint density at radius 1 is 1.21 bits per heavy atom. The van der Waals surface area contributed by atoms with E-state index in [1.54, 1.807) is 6.92 Å². The largest absolute Gasteiger partial charge is 0.363 e. The molecule has 0 unspecified atom stereocenters. The number of hydrogen-bond donors (Lipinski definition) is 0. The zero-order valence-corrected chi connectivity index (χ0v) is 14.8. The van der Waals surface area contributed by atoms with Gasteiger partial charge in [0.1, 0.15) is 5.78 Å². The van der Waals surface area contributed by atoms with Gasteiger partial charge in [0, 0.05) is 57.7 Å².